The molecule has 0 aromatic heterocycles. The van der Waals surface area contributed by atoms with Crippen LogP contribution in [0.5, 0.6) is 0 Å². The van der Waals surface area contributed by atoms with Crippen molar-refractivity contribution in [2.24, 2.45) is 11.8 Å². The van der Waals surface area contributed by atoms with Crippen LogP contribution >= 0.6 is 0 Å². The van der Waals surface area contributed by atoms with Gasteiger partial charge in [-0.3, -0.25) is 4.79 Å². The van der Waals surface area contributed by atoms with E-state index in [1.165, 1.54) is 0 Å². The van der Waals surface area contributed by atoms with E-state index in [2.05, 4.69) is 6.92 Å². The average Bonchev–Trinajstić information content (AvgIpc) is 2.64. The van der Waals surface area contributed by atoms with E-state index in [4.69, 9.17) is 10.5 Å². The number of hydrogen-bond donors (Lipinski definition) is 1. The Kier molecular flexibility index (Phi) is 4.33. The number of carbonyl (C=O) groups is 1. The normalized spacial score (nSPS) is 29.4. The number of hydrogen-bond acceptors (Lipinski definition) is 3. The highest BCUT2D eigenvalue weighted by molar-refractivity contribution is 5.96. The van der Waals surface area contributed by atoms with Crippen molar-refractivity contribution < 1.29 is 9.53 Å². The number of anilines is 2. The topological polar surface area (TPSA) is 55.6 Å². The summed E-state index contributed by atoms with van der Waals surface area (Å²) in [4.78, 5) is 14.7. The van der Waals surface area contributed by atoms with E-state index in [0.717, 1.165) is 5.69 Å². The van der Waals surface area contributed by atoms with Gasteiger partial charge in [0.25, 0.3) is 0 Å². The fourth-order valence-corrected chi connectivity index (χ4v) is 3.03. The van der Waals surface area contributed by atoms with Gasteiger partial charge in [0.05, 0.1) is 18.1 Å². The van der Waals surface area contributed by atoms with Crippen molar-refractivity contribution >= 4 is 17.3 Å². The number of nitrogens with zero attached hydrogens (tertiary/aromatic N) is 1. The summed E-state index contributed by atoms with van der Waals surface area (Å²) in [5.74, 6) is 0.265. The molecule has 4 nitrogen and oxygen atoms in total. The van der Waals surface area contributed by atoms with Gasteiger partial charge >= 0.3 is 0 Å². The van der Waals surface area contributed by atoms with Crippen LogP contribution in [0.4, 0.5) is 11.4 Å². The van der Waals surface area contributed by atoms with Crippen LogP contribution in [0.3, 0.4) is 0 Å². The molecular weight excluding hydrogens is 252 g/mol. The van der Waals surface area contributed by atoms with Gasteiger partial charge in [0.15, 0.2) is 0 Å². The summed E-state index contributed by atoms with van der Waals surface area (Å²) in [5.41, 5.74) is 7.35. The van der Waals surface area contributed by atoms with E-state index in [-0.39, 0.29) is 30.0 Å². The van der Waals surface area contributed by atoms with E-state index < -0.39 is 0 Å². The first kappa shape index (κ1) is 14.9. The maximum atomic E-state index is 12.9. The Morgan fingerprint density at radius 1 is 1.30 bits per heavy atom. The van der Waals surface area contributed by atoms with Crippen molar-refractivity contribution in [2.75, 3.05) is 17.2 Å². The van der Waals surface area contributed by atoms with E-state index in [9.17, 15) is 4.79 Å². The second kappa shape index (κ2) is 5.83. The summed E-state index contributed by atoms with van der Waals surface area (Å²) in [6, 6.07) is 7.47. The molecule has 0 saturated carbocycles. The minimum absolute atomic E-state index is 0.0393. The molecule has 0 spiro atoms. The third kappa shape index (κ3) is 2.66. The highest BCUT2D eigenvalue weighted by Crippen LogP contribution is 2.34. The second-order valence-corrected chi connectivity index (χ2v) is 5.61. The maximum Gasteiger partial charge on any atom is 0.233 e. The van der Waals surface area contributed by atoms with E-state index >= 15 is 0 Å². The first-order valence-electron chi connectivity index (χ1n) is 7.28. The molecule has 1 saturated heterocycles. The largest absolute Gasteiger partial charge is 0.399 e. The maximum absolute atomic E-state index is 12.9. The zero-order valence-corrected chi connectivity index (χ0v) is 12.7. The van der Waals surface area contributed by atoms with Crippen molar-refractivity contribution in [2.45, 2.75) is 39.9 Å². The zero-order chi connectivity index (χ0) is 14.9. The van der Waals surface area contributed by atoms with Gasteiger partial charge in [0, 0.05) is 17.9 Å². The van der Waals surface area contributed by atoms with Gasteiger partial charge in [-0.15, -0.1) is 0 Å². The van der Waals surface area contributed by atoms with Crippen LogP contribution in [-0.4, -0.2) is 24.7 Å². The fourth-order valence-electron chi connectivity index (χ4n) is 3.03. The van der Waals surface area contributed by atoms with Gasteiger partial charge in [-0.1, -0.05) is 13.0 Å². The highest BCUT2D eigenvalue weighted by atomic mass is 16.5. The fraction of sp³-hybridized carbons (Fsp3) is 0.562. The van der Waals surface area contributed by atoms with Gasteiger partial charge in [-0.25, -0.2) is 0 Å². The van der Waals surface area contributed by atoms with Gasteiger partial charge in [0.1, 0.15) is 0 Å². The monoisotopic (exact) mass is 276 g/mol. The molecule has 2 N–H and O–H groups in total. The number of rotatable bonds is 3. The standard InChI is InChI=1S/C16H24N2O2/c1-5-18(14-8-6-7-13(17)9-14)16(19)15-10(2)11(3)20-12(15)4/h6-12,15H,5,17H2,1-4H3. The number of carbonyl (C=O) groups excluding carboxylic acids is 1. The summed E-state index contributed by atoms with van der Waals surface area (Å²) in [6.07, 6.45) is 0.0844. The molecule has 1 aliphatic heterocycles. The molecule has 20 heavy (non-hydrogen) atoms. The molecule has 1 amide bonds. The molecule has 4 unspecified atom stereocenters. The first-order valence-corrected chi connectivity index (χ1v) is 7.28. The molecule has 1 heterocycles. The molecule has 0 aliphatic carbocycles. The van der Waals surface area contributed by atoms with Gasteiger partial charge in [-0.05, 0) is 44.9 Å². The van der Waals surface area contributed by atoms with Gasteiger partial charge < -0.3 is 15.4 Å². The summed E-state index contributed by atoms with van der Waals surface area (Å²) in [6.45, 7) is 8.72. The molecule has 0 radical (unpaired) electrons. The Labute approximate surface area is 120 Å². The highest BCUT2D eigenvalue weighted by Gasteiger charge is 2.43. The van der Waals surface area contributed by atoms with Crippen molar-refractivity contribution in [3.05, 3.63) is 24.3 Å². The molecule has 1 aliphatic rings. The smallest absolute Gasteiger partial charge is 0.233 e. The Balaban J connectivity index is 2.26. The molecule has 4 heteroatoms. The lowest BCUT2D eigenvalue weighted by Crippen LogP contribution is -2.41. The molecule has 4 atom stereocenters. The number of amides is 1. The van der Waals surface area contributed by atoms with E-state index in [1.807, 2.05) is 45.0 Å². The number of ether oxygens (including phenoxy) is 1. The summed E-state index contributed by atoms with van der Waals surface area (Å²) in [7, 11) is 0. The van der Waals surface area contributed by atoms with Crippen molar-refractivity contribution in [3.63, 3.8) is 0 Å². The van der Waals surface area contributed by atoms with E-state index in [0.29, 0.717) is 12.2 Å². The van der Waals surface area contributed by atoms with Crippen molar-refractivity contribution in [3.8, 4) is 0 Å². The minimum Gasteiger partial charge on any atom is -0.399 e. The number of benzene rings is 1. The minimum atomic E-state index is -0.0913. The van der Waals surface area contributed by atoms with Crippen LogP contribution in [0.15, 0.2) is 24.3 Å². The van der Waals surface area contributed by atoms with Crippen LogP contribution in [-0.2, 0) is 9.53 Å². The number of nitrogens with two attached hydrogens (primary N) is 1. The third-order valence-corrected chi connectivity index (χ3v) is 4.29. The summed E-state index contributed by atoms with van der Waals surface area (Å²) < 4.78 is 5.79. The molecule has 0 bridgehead atoms. The molecular formula is C16H24N2O2. The summed E-state index contributed by atoms with van der Waals surface area (Å²) >= 11 is 0. The van der Waals surface area contributed by atoms with Crippen LogP contribution in [0, 0.1) is 11.8 Å². The second-order valence-electron chi connectivity index (χ2n) is 5.61. The zero-order valence-electron chi connectivity index (χ0n) is 12.7. The Hall–Kier alpha value is -1.55. The lowest BCUT2D eigenvalue weighted by molar-refractivity contribution is -0.124. The predicted octanol–water partition coefficient (Wildman–Crippen LogP) is 2.68. The predicted molar refractivity (Wildman–Crippen MR) is 81.5 cm³/mol. The van der Waals surface area contributed by atoms with Crippen molar-refractivity contribution in [1.82, 2.24) is 0 Å². The Morgan fingerprint density at radius 2 is 2.00 bits per heavy atom. The van der Waals surface area contributed by atoms with Gasteiger partial charge in [0.2, 0.25) is 5.91 Å². The average molecular weight is 276 g/mol. The Morgan fingerprint density at radius 3 is 2.50 bits per heavy atom. The number of nitrogen functional groups attached to an aromatic ring is 1. The van der Waals surface area contributed by atoms with E-state index in [1.54, 1.807) is 4.90 Å². The van der Waals surface area contributed by atoms with Gasteiger partial charge in [-0.2, -0.15) is 0 Å². The molecule has 2 rings (SSSR count). The molecule has 1 aromatic carbocycles. The van der Waals surface area contributed by atoms with Crippen LogP contribution in [0.1, 0.15) is 27.7 Å². The molecule has 110 valence electrons. The first-order chi connectivity index (χ1) is 9.45. The van der Waals surface area contributed by atoms with Crippen LogP contribution in [0.2, 0.25) is 0 Å². The van der Waals surface area contributed by atoms with Crippen LogP contribution < -0.4 is 10.6 Å². The lowest BCUT2D eigenvalue weighted by Gasteiger charge is -2.27. The summed E-state index contributed by atoms with van der Waals surface area (Å²) in [5, 5.41) is 0. The third-order valence-electron chi connectivity index (χ3n) is 4.29. The molecule has 1 aromatic rings. The lowest BCUT2D eigenvalue weighted by atomic mass is 9.88. The Bertz CT molecular complexity index is 489. The SMILES string of the molecule is CCN(C(=O)C1C(C)OC(C)C1C)c1cccc(N)c1. The van der Waals surface area contributed by atoms with Crippen molar-refractivity contribution in [1.29, 1.82) is 0 Å². The molecule has 1 fully saturated rings. The van der Waals surface area contributed by atoms with Crippen LogP contribution in [0.25, 0.3) is 0 Å². The quantitative estimate of drug-likeness (QED) is 0.864.